The number of rotatable bonds is 9. The maximum atomic E-state index is 12.7. The van der Waals surface area contributed by atoms with Crippen LogP contribution in [0.5, 0.6) is 0 Å². The molecule has 1 heterocycles. The van der Waals surface area contributed by atoms with Gasteiger partial charge in [-0.15, -0.1) is 11.3 Å². The molecule has 150 valence electrons. The minimum absolute atomic E-state index is 0.0433. The molecule has 1 aromatic heterocycles. The maximum absolute atomic E-state index is 12.7. The van der Waals surface area contributed by atoms with Gasteiger partial charge < -0.3 is 10.3 Å². The van der Waals surface area contributed by atoms with Gasteiger partial charge >= 0.3 is 5.97 Å². The molecule has 0 spiro atoms. The number of hydrogen-bond donors (Lipinski definition) is 3. The quantitative estimate of drug-likeness (QED) is 0.393. The summed E-state index contributed by atoms with van der Waals surface area (Å²) in [5.74, 6) is 2.21. The molecule has 0 saturated carbocycles. The zero-order valence-electron chi connectivity index (χ0n) is 15.0. The topological polar surface area (TPSA) is 118 Å². The Morgan fingerprint density at radius 3 is 2.22 bits per heavy atom. The summed E-state index contributed by atoms with van der Waals surface area (Å²) < 4.78 is 26.0. The summed E-state index contributed by atoms with van der Waals surface area (Å²) in [6.07, 6.45) is 3.56. The molecular formula is C18H24ClNO5S2. The largest absolute Gasteiger partial charge is 0.480 e. The van der Waals surface area contributed by atoms with Gasteiger partial charge in [-0.3, -0.25) is 4.79 Å². The molecule has 9 heteroatoms. The molecule has 0 bridgehead atoms. The van der Waals surface area contributed by atoms with Crippen LogP contribution < -0.4 is 5.90 Å². The highest BCUT2D eigenvalue weighted by Gasteiger charge is 2.33. The Kier molecular flexibility index (Phi) is 9.97. The number of hydrogen-bond acceptors (Lipinski definition) is 6. The molecule has 0 radical (unpaired) electrons. The van der Waals surface area contributed by atoms with E-state index in [0.717, 1.165) is 29.7 Å². The average molecular weight is 434 g/mol. The van der Waals surface area contributed by atoms with E-state index in [9.17, 15) is 18.3 Å². The molecule has 0 fully saturated rings. The number of benzene rings is 1. The third kappa shape index (κ3) is 6.58. The van der Waals surface area contributed by atoms with Crippen LogP contribution in [0.15, 0.2) is 41.3 Å². The first-order valence-electron chi connectivity index (χ1n) is 8.44. The molecule has 27 heavy (non-hydrogen) atoms. The Bertz CT molecular complexity index is 819. The lowest BCUT2D eigenvalue weighted by Gasteiger charge is -2.14. The van der Waals surface area contributed by atoms with Gasteiger partial charge in [-0.05, 0) is 36.2 Å². The first-order valence-corrected chi connectivity index (χ1v) is 11.2. The molecule has 4 N–H and O–H groups in total. The summed E-state index contributed by atoms with van der Waals surface area (Å²) in [6.45, 7) is 2.05. The summed E-state index contributed by atoms with van der Waals surface area (Å²) in [5, 5.41) is 14.5. The van der Waals surface area contributed by atoms with Crippen LogP contribution in [-0.2, 0) is 14.6 Å². The van der Waals surface area contributed by atoms with Crippen molar-refractivity contribution >= 4 is 38.7 Å². The lowest BCUT2D eigenvalue weighted by atomic mass is 10.1. The fourth-order valence-electron chi connectivity index (χ4n) is 2.61. The van der Waals surface area contributed by atoms with E-state index in [1.807, 2.05) is 13.0 Å². The fraction of sp³-hybridized carbons (Fsp3) is 0.389. The van der Waals surface area contributed by atoms with E-state index in [0.29, 0.717) is 10.8 Å². The number of carboxylic acid groups (broad SMARTS) is 1. The number of aliphatic carboxylic acids is 1. The van der Waals surface area contributed by atoms with Crippen molar-refractivity contribution in [2.45, 2.75) is 49.2 Å². The van der Waals surface area contributed by atoms with E-state index in [2.05, 4.69) is 5.90 Å². The molecule has 0 amide bonds. The van der Waals surface area contributed by atoms with Crippen LogP contribution in [0.3, 0.4) is 0 Å². The van der Waals surface area contributed by atoms with Gasteiger partial charge in [0.1, 0.15) is 0 Å². The molecule has 0 aliphatic carbocycles. The molecular weight excluding hydrogens is 410 g/mol. The first kappa shape index (κ1) is 23.6. The highest BCUT2D eigenvalue weighted by atomic mass is 35.5. The third-order valence-electron chi connectivity index (χ3n) is 4.01. The second-order valence-corrected chi connectivity index (χ2v) is 9.69. The second kappa shape index (κ2) is 11.4. The lowest BCUT2D eigenvalue weighted by Crippen LogP contribution is -2.30. The zero-order valence-corrected chi connectivity index (χ0v) is 17.4. The number of thiophene rings is 1. The first-order chi connectivity index (χ1) is 12.9. The summed E-state index contributed by atoms with van der Waals surface area (Å²) in [4.78, 5) is 12.5. The predicted octanol–water partition coefficient (Wildman–Crippen LogP) is 4.60. The van der Waals surface area contributed by atoms with Gasteiger partial charge in [0, 0.05) is 4.88 Å². The Hall–Kier alpha value is -1.45. The van der Waals surface area contributed by atoms with Gasteiger partial charge in [-0.2, -0.15) is 0 Å². The van der Waals surface area contributed by atoms with Crippen LogP contribution in [0.2, 0.25) is 4.34 Å². The molecule has 0 saturated heterocycles. The second-order valence-electron chi connectivity index (χ2n) is 5.85. The van der Waals surface area contributed by atoms with Gasteiger partial charge in [0.05, 0.1) is 9.23 Å². The van der Waals surface area contributed by atoms with Crippen LogP contribution >= 0.6 is 22.9 Å². The standard InChI is InChI=1S/C18H21ClO4S2.H3NO/c1-2-3-4-5-6-16(18(20)21)25(22,23)14-9-7-13(8-10-14)15-11-12-17(19)24-15;1-2/h7-12,16H,2-6H2,1H3,(H,20,21);2H,1H2. The number of carbonyl (C=O) groups is 1. The van der Waals surface area contributed by atoms with Gasteiger partial charge in [-0.1, -0.05) is 56.3 Å². The van der Waals surface area contributed by atoms with E-state index in [1.165, 1.54) is 23.5 Å². The van der Waals surface area contributed by atoms with Crippen molar-refractivity contribution in [3.63, 3.8) is 0 Å². The minimum Gasteiger partial charge on any atom is -0.480 e. The van der Waals surface area contributed by atoms with Crippen molar-refractivity contribution in [1.82, 2.24) is 0 Å². The highest BCUT2D eigenvalue weighted by molar-refractivity contribution is 7.92. The Morgan fingerprint density at radius 2 is 1.74 bits per heavy atom. The number of halogens is 1. The van der Waals surface area contributed by atoms with Crippen LogP contribution in [0.4, 0.5) is 0 Å². The van der Waals surface area contributed by atoms with Crippen LogP contribution in [0.25, 0.3) is 10.4 Å². The summed E-state index contributed by atoms with van der Waals surface area (Å²) >= 11 is 7.32. The SMILES string of the molecule is CCCCCCC(C(=O)O)S(=O)(=O)c1ccc(-c2ccc(Cl)s2)cc1.NO. The number of nitrogens with two attached hydrogens (primary N) is 1. The fourth-order valence-corrected chi connectivity index (χ4v) is 5.25. The maximum Gasteiger partial charge on any atom is 0.322 e. The molecule has 1 atom stereocenters. The van der Waals surface area contributed by atoms with Gasteiger partial charge in [0.2, 0.25) is 0 Å². The monoisotopic (exact) mass is 433 g/mol. The zero-order chi connectivity index (χ0) is 20.4. The normalized spacial score (nSPS) is 12.1. The highest BCUT2D eigenvalue weighted by Crippen LogP contribution is 2.32. The molecule has 1 aromatic carbocycles. The number of sulfone groups is 1. The molecule has 1 unspecified atom stereocenters. The van der Waals surface area contributed by atoms with Gasteiger partial charge in [0.25, 0.3) is 0 Å². The summed E-state index contributed by atoms with van der Waals surface area (Å²) in [7, 11) is -3.90. The van der Waals surface area contributed by atoms with Crippen molar-refractivity contribution in [2.24, 2.45) is 5.90 Å². The Morgan fingerprint density at radius 1 is 1.11 bits per heavy atom. The van der Waals surface area contributed by atoms with Crippen molar-refractivity contribution < 1.29 is 23.5 Å². The number of carboxylic acids is 1. The van der Waals surface area contributed by atoms with Crippen LogP contribution in [0, 0.1) is 0 Å². The average Bonchev–Trinajstić information content (AvgIpc) is 3.09. The van der Waals surface area contributed by atoms with Crippen molar-refractivity contribution in [1.29, 1.82) is 0 Å². The van der Waals surface area contributed by atoms with Gasteiger partial charge in [0.15, 0.2) is 15.1 Å². The predicted molar refractivity (Wildman–Crippen MR) is 108 cm³/mol. The van der Waals surface area contributed by atoms with E-state index in [1.54, 1.807) is 18.2 Å². The van der Waals surface area contributed by atoms with Crippen LogP contribution in [0.1, 0.15) is 39.0 Å². The van der Waals surface area contributed by atoms with Crippen molar-refractivity contribution in [3.8, 4) is 10.4 Å². The van der Waals surface area contributed by atoms with E-state index >= 15 is 0 Å². The number of unbranched alkanes of at least 4 members (excludes halogenated alkanes) is 3. The molecule has 0 aliphatic heterocycles. The summed E-state index contributed by atoms with van der Waals surface area (Å²) in [5.41, 5.74) is 0.852. The van der Waals surface area contributed by atoms with E-state index in [4.69, 9.17) is 16.8 Å². The third-order valence-corrected chi connectivity index (χ3v) is 7.41. The molecule has 2 aromatic rings. The summed E-state index contributed by atoms with van der Waals surface area (Å²) in [6, 6.07) is 9.96. The van der Waals surface area contributed by atoms with E-state index in [-0.39, 0.29) is 11.3 Å². The van der Waals surface area contributed by atoms with Gasteiger partial charge in [-0.25, -0.2) is 14.3 Å². The Balaban J connectivity index is 0.00000176. The van der Waals surface area contributed by atoms with Crippen LogP contribution in [-0.4, -0.2) is 30.0 Å². The van der Waals surface area contributed by atoms with E-state index < -0.39 is 21.1 Å². The minimum atomic E-state index is -3.90. The molecule has 6 nitrogen and oxygen atoms in total. The molecule has 2 rings (SSSR count). The Labute approximate surface area is 168 Å². The smallest absolute Gasteiger partial charge is 0.322 e. The molecule has 0 aliphatic rings. The lowest BCUT2D eigenvalue weighted by molar-refractivity contribution is -0.136. The van der Waals surface area contributed by atoms with Crippen molar-refractivity contribution in [2.75, 3.05) is 0 Å². The van der Waals surface area contributed by atoms with Crippen molar-refractivity contribution in [3.05, 3.63) is 40.7 Å².